The molecule has 0 aliphatic heterocycles. The Morgan fingerprint density at radius 2 is 2.43 bits per heavy atom. The largest absolute Gasteiger partial charge is 0.396 e. The highest BCUT2D eigenvalue weighted by molar-refractivity contribution is 5.96. The molecule has 0 aliphatic rings. The Hall–Kier alpha value is -1.56. The zero-order valence-corrected chi connectivity index (χ0v) is 8.52. The second-order valence-electron chi connectivity index (χ2n) is 2.77. The van der Waals surface area contributed by atoms with E-state index in [1.165, 1.54) is 14.2 Å². The zero-order valence-electron chi connectivity index (χ0n) is 8.52. The molecule has 0 atom stereocenters. The Kier molecular flexibility index (Phi) is 3.08. The second kappa shape index (κ2) is 4.10. The molecule has 1 rings (SSSR count). The first-order valence-electron chi connectivity index (χ1n) is 4.25. The average molecular weight is 198 g/mol. The fourth-order valence-electron chi connectivity index (χ4n) is 0.997. The monoisotopic (exact) mass is 198 g/mol. The normalized spacial score (nSPS) is 10.2. The molecule has 0 fully saturated rings. The van der Waals surface area contributed by atoms with Crippen molar-refractivity contribution in [2.75, 3.05) is 19.9 Å². The van der Waals surface area contributed by atoms with Crippen molar-refractivity contribution in [1.29, 1.82) is 0 Å². The Labute approximate surface area is 82.2 Å². The quantitative estimate of drug-likeness (QED) is 0.700. The van der Waals surface area contributed by atoms with Gasteiger partial charge in [-0.15, -0.1) is 0 Å². The van der Waals surface area contributed by atoms with Crippen LogP contribution in [0.4, 0.5) is 5.69 Å². The van der Waals surface area contributed by atoms with E-state index in [0.717, 1.165) is 5.06 Å². The van der Waals surface area contributed by atoms with Crippen LogP contribution in [0.15, 0.2) is 6.20 Å². The van der Waals surface area contributed by atoms with Crippen molar-refractivity contribution in [3.8, 4) is 0 Å². The summed E-state index contributed by atoms with van der Waals surface area (Å²) in [7, 11) is 2.91. The molecule has 1 aromatic rings. The molecule has 0 saturated heterocycles. The lowest BCUT2D eigenvalue weighted by atomic mass is 10.3. The van der Waals surface area contributed by atoms with E-state index in [2.05, 4.69) is 5.10 Å². The number of aromatic nitrogens is 2. The third-order valence-corrected chi connectivity index (χ3v) is 1.88. The third kappa shape index (κ3) is 1.85. The van der Waals surface area contributed by atoms with Gasteiger partial charge in [-0.05, 0) is 6.92 Å². The first-order valence-corrected chi connectivity index (χ1v) is 4.25. The first kappa shape index (κ1) is 10.5. The standard InChI is InChI=1S/C8H14N4O2/c1-4-12-5-6(9)7(10-12)8(13)11(2)14-3/h5H,4,9H2,1-3H3. The van der Waals surface area contributed by atoms with Crippen LogP contribution in [0.3, 0.4) is 0 Å². The van der Waals surface area contributed by atoms with E-state index in [1.54, 1.807) is 10.9 Å². The summed E-state index contributed by atoms with van der Waals surface area (Å²) < 4.78 is 1.60. The van der Waals surface area contributed by atoms with Crippen LogP contribution in [0.5, 0.6) is 0 Å². The van der Waals surface area contributed by atoms with Gasteiger partial charge in [0.05, 0.1) is 12.8 Å². The Morgan fingerprint density at radius 3 is 2.86 bits per heavy atom. The number of hydrogen-bond donors (Lipinski definition) is 1. The van der Waals surface area contributed by atoms with Crippen LogP contribution in [0, 0.1) is 0 Å². The minimum absolute atomic E-state index is 0.219. The Bertz CT molecular complexity index is 334. The SMILES string of the molecule is CCn1cc(N)c(C(=O)N(C)OC)n1. The molecule has 1 amide bonds. The van der Waals surface area contributed by atoms with E-state index < -0.39 is 0 Å². The molecular formula is C8H14N4O2. The summed E-state index contributed by atoms with van der Waals surface area (Å²) in [6, 6.07) is 0. The van der Waals surface area contributed by atoms with Crippen LogP contribution in [0.2, 0.25) is 0 Å². The zero-order chi connectivity index (χ0) is 10.7. The van der Waals surface area contributed by atoms with Crippen molar-refractivity contribution < 1.29 is 9.63 Å². The maximum Gasteiger partial charge on any atom is 0.299 e. The molecule has 2 N–H and O–H groups in total. The van der Waals surface area contributed by atoms with Gasteiger partial charge in [-0.1, -0.05) is 0 Å². The molecule has 0 radical (unpaired) electrons. The second-order valence-corrected chi connectivity index (χ2v) is 2.77. The van der Waals surface area contributed by atoms with E-state index >= 15 is 0 Å². The fourth-order valence-corrected chi connectivity index (χ4v) is 0.997. The smallest absolute Gasteiger partial charge is 0.299 e. The van der Waals surface area contributed by atoms with Crippen LogP contribution in [0.25, 0.3) is 0 Å². The number of carbonyl (C=O) groups is 1. The number of hydrogen-bond acceptors (Lipinski definition) is 4. The van der Waals surface area contributed by atoms with E-state index in [9.17, 15) is 4.79 Å². The molecule has 0 unspecified atom stereocenters. The highest BCUT2D eigenvalue weighted by atomic mass is 16.7. The summed E-state index contributed by atoms with van der Waals surface area (Å²) in [6.45, 7) is 2.59. The maximum absolute atomic E-state index is 11.6. The van der Waals surface area contributed by atoms with Gasteiger partial charge in [0.25, 0.3) is 5.91 Å². The van der Waals surface area contributed by atoms with Crippen molar-refractivity contribution in [1.82, 2.24) is 14.8 Å². The minimum atomic E-state index is -0.350. The van der Waals surface area contributed by atoms with Crippen LogP contribution in [0.1, 0.15) is 17.4 Å². The van der Waals surface area contributed by atoms with Gasteiger partial charge in [0.15, 0.2) is 5.69 Å². The molecule has 6 nitrogen and oxygen atoms in total. The lowest BCUT2D eigenvalue weighted by molar-refractivity contribution is -0.0760. The molecule has 6 heteroatoms. The summed E-state index contributed by atoms with van der Waals surface area (Å²) in [6.07, 6.45) is 1.62. The molecule has 78 valence electrons. The third-order valence-electron chi connectivity index (χ3n) is 1.88. The fraction of sp³-hybridized carbons (Fsp3) is 0.500. The van der Waals surface area contributed by atoms with Gasteiger partial charge in [-0.2, -0.15) is 5.10 Å². The van der Waals surface area contributed by atoms with Gasteiger partial charge >= 0.3 is 0 Å². The van der Waals surface area contributed by atoms with Crippen molar-refractivity contribution in [3.05, 3.63) is 11.9 Å². The topological polar surface area (TPSA) is 73.4 Å². The Morgan fingerprint density at radius 1 is 1.79 bits per heavy atom. The van der Waals surface area contributed by atoms with Crippen LogP contribution >= 0.6 is 0 Å². The highest BCUT2D eigenvalue weighted by Gasteiger charge is 2.18. The predicted octanol–water partition coefficient (Wildman–Crippen LogP) is 0.119. The highest BCUT2D eigenvalue weighted by Crippen LogP contribution is 2.11. The van der Waals surface area contributed by atoms with Gasteiger partial charge in [0.1, 0.15) is 0 Å². The molecule has 14 heavy (non-hydrogen) atoms. The number of nitrogens with two attached hydrogens (primary N) is 1. The van der Waals surface area contributed by atoms with Crippen molar-refractivity contribution in [3.63, 3.8) is 0 Å². The Balaban J connectivity index is 2.94. The molecule has 1 aromatic heterocycles. The summed E-state index contributed by atoms with van der Waals surface area (Å²) in [5, 5.41) is 5.10. The first-order chi connectivity index (χ1) is 6.60. The molecular weight excluding hydrogens is 184 g/mol. The maximum atomic E-state index is 11.6. The summed E-state index contributed by atoms with van der Waals surface area (Å²) in [4.78, 5) is 16.3. The molecule has 0 aromatic carbocycles. The molecule has 0 spiro atoms. The summed E-state index contributed by atoms with van der Waals surface area (Å²) in [5.74, 6) is -0.350. The molecule has 0 saturated carbocycles. The number of carbonyl (C=O) groups excluding carboxylic acids is 1. The minimum Gasteiger partial charge on any atom is -0.396 e. The van der Waals surface area contributed by atoms with E-state index in [1.807, 2.05) is 6.92 Å². The average Bonchev–Trinajstić information content (AvgIpc) is 2.57. The van der Waals surface area contributed by atoms with Crippen molar-refractivity contribution >= 4 is 11.6 Å². The lowest BCUT2D eigenvalue weighted by Gasteiger charge is -2.11. The number of amides is 1. The predicted molar refractivity (Wildman–Crippen MR) is 51.4 cm³/mol. The number of aryl methyl sites for hydroxylation is 1. The van der Waals surface area contributed by atoms with Crippen molar-refractivity contribution in [2.45, 2.75) is 13.5 Å². The van der Waals surface area contributed by atoms with Gasteiger partial charge in [-0.25, -0.2) is 5.06 Å². The van der Waals surface area contributed by atoms with Crippen LogP contribution in [-0.2, 0) is 11.4 Å². The summed E-state index contributed by atoms with van der Waals surface area (Å²) >= 11 is 0. The van der Waals surface area contributed by atoms with E-state index in [-0.39, 0.29) is 11.6 Å². The van der Waals surface area contributed by atoms with Crippen LogP contribution in [-0.4, -0.2) is 34.9 Å². The van der Waals surface area contributed by atoms with Gasteiger partial charge in [0, 0.05) is 19.8 Å². The molecule has 0 aliphatic carbocycles. The molecule has 1 heterocycles. The van der Waals surface area contributed by atoms with Gasteiger partial charge in [0.2, 0.25) is 0 Å². The number of rotatable bonds is 3. The molecule has 0 bridgehead atoms. The lowest BCUT2D eigenvalue weighted by Crippen LogP contribution is -2.26. The van der Waals surface area contributed by atoms with Gasteiger partial charge in [-0.3, -0.25) is 14.3 Å². The number of nitrogens with zero attached hydrogens (tertiary/aromatic N) is 3. The number of anilines is 1. The number of nitrogen functional groups attached to an aromatic ring is 1. The van der Waals surface area contributed by atoms with Gasteiger partial charge < -0.3 is 5.73 Å². The van der Waals surface area contributed by atoms with E-state index in [0.29, 0.717) is 12.2 Å². The summed E-state index contributed by atoms with van der Waals surface area (Å²) in [5.41, 5.74) is 6.20. The van der Waals surface area contributed by atoms with Crippen LogP contribution < -0.4 is 5.73 Å². The van der Waals surface area contributed by atoms with E-state index in [4.69, 9.17) is 10.6 Å². The van der Waals surface area contributed by atoms with Crippen molar-refractivity contribution in [2.24, 2.45) is 0 Å². The number of hydroxylamine groups is 2.